The van der Waals surface area contributed by atoms with E-state index in [0.29, 0.717) is 21.5 Å². The van der Waals surface area contributed by atoms with Gasteiger partial charge < -0.3 is 4.74 Å². The lowest BCUT2D eigenvalue weighted by atomic mass is 10.2. The minimum Gasteiger partial charge on any atom is -0.456 e. The van der Waals surface area contributed by atoms with Gasteiger partial charge in [-0.05, 0) is 36.8 Å². The highest BCUT2D eigenvalue weighted by molar-refractivity contribution is 6.42. The van der Waals surface area contributed by atoms with Gasteiger partial charge in [0.1, 0.15) is 16.5 Å². The molecule has 1 nitrogen and oxygen atoms in total. The Morgan fingerprint density at radius 2 is 1.75 bits per heavy atom. The Hall–Kier alpha value is -1.18. The fraction of sp³-hybridized carbons (Fsp3) is 0. The highest BCUT2D eigenvalue weighted by Crippen LogP contribution is 2.34. The van der Waals surface area contributed by atoms with Crippen LogP contribution in [-0.2, 0) is 0 Å². The Kier molecular flexibility index (Phi) is 3.37. The van der Waals surface area contributed by atoms with E-state index in [0.717, 1.165) is 5.56 Å². The molecule has 0 N–H and O–H groups in total. The van der Waals surface area contributed by atoms with Gasteiger partial charge in [-0.2, -0.15) is 0 Å². The molecule has 2 aromatic rings. The van der Waals surface area contributed by atoms with E-state index in [2.05, 4.69) is 6.92 Å². The van der Waals surface area contributed by atoms with Gasteiger partial charge in [0.25, 0.3) is 0 Å². The Balaban J connectivity index is 2.31. The van der Waals surface area contributed by atoms with Crippen molar-refractivity contribution in [2.24, 2.45) is 0 Å². The zero-order chi connectivity index (χ0) is 11.5. The third-order valence-electron chi connectivity index (χ3n) is 2.04. The van der Waals surface area contributed by atoms with E-state index in [9.17, 15) is 0 Å². The van der Waals surface area contributed by atoms with Crippen molar-refractivity contribution < 1.29 is 4.74 Å². The van der Waals surface area contributed by atoms with Crippen LogP contribution in [0.15, 0.2) is 42.5 Å². The van der Waals surface area contributed by atoms with Gasteiger partial charge in [0.15, 0.2) is 0 Å². The number of rotatable bonds is 2. The first-order chi connectivity index (χ1) is 7.66. The van der Waals surface area contributed by atoms with Gasteiger partial charge in [0.2, 0.25) is 0 Å². The van der Waals surface area contributed by atoms with Gasteiger partial charge in [0, 0.05) is 0 Å². The standard InChI is InChI=1S/C13H9Cl2O/c1-9-4-2-5-10(8-9)16-12-7-3-6-11(14)13(12)15/h2-8H,1H2. The molecule has 2 aromatic carbocycles. The first-order valence-corrected chi connectivity index (χ1v) is 5.46. The summed E-state index contributed by atoms with van der Waals surface area (Å²) >= 11 is 11.9. The Labute approximate surface area is 105 Å². The van der Waals surface area contributed by atoms with Crippen LogP contribution in [0.1, 0.15) is 5.56 Å². The van der Waals surface area contributed by atoms with Crippen molar-refractivity contribution in [1.82, 2.24) is 0 Å². The molecule has 1 radical (unpaired) electrons. The number of halogens is 2. The zero-order valence-corrected chi connectivity index (χ0v) is 9.92. The molecule has 0 aliphatic carbocycles. The number of benzene rings is 2. The second kappa shape index (κ2) is 4.77. The Morgan fingerprint density at radius 1 is 1.00 bits per heavy atom. The number of hydrogen-bond acceptors (Lipinski definition) is 1. The van der Waals surface area contributed by atoms with Crippen molar-refractivity contribution in [3.8, 4) is 11.5 Å². The molecular formula is C13H9Cl2O. The topological polar surface area (TPSA) is 9.23 Å². The summed E-state index contributed by atoms with van der Waals surface area (Å²) in [5.41, 5.74) is 0.885. The Bertz CT molecular complexity index is 509. The molecular weight excluding hydrogens is 243 g/mol. The normalized spacial score (nSPS) is 10.2. The van der Waals surface area contributed by atoms with Crippen LogP contribution in [0.4, 0.5) is 0 Å². The van der Waals surface area contributed by atoms with Crippen LogP contribution in [-0.4, -0.2) is 0 Å². The molecule has 0 atom stereocenters. The third kappa shape index (κ3) is 2.49. The maximum atomic E-state index is 6.01. The van der Waals surface area contributed by atoms with Crippen molar-refractivity contribution in [3.63, 3.8) is 0 Å². The van der Waals surface area contributed by atoms with Crippen LogP contribution in [0.2, 0.25) is 10.0 Å². The van der Waals surface area contributed by atoms with E-state index in [1.165, 1.54) is 0 Å². The average Bonchev–Trinajstić information content (AvgIpc) is 2.25. The van der Waals surface area contributed by atoms with Gasteiger partial charge in [0.05, 0.1) is 5.02 Å². The van der Waals surface area contributed by atoms with E-state index in [1.807, 2.05) is 24.3 Å². The summed E-state index contributed by atoms with van der Waals surface area (Å²) in [6.45, 7) is 3.82. The first-order valence-electron chi connectivity index (χ1n) is 4.71. The zero-order valence-electron chi connectivity index (χ0n) is 8.41. The van der Waals surface area contributed by atoms with Crippen LogP contribution < -0.4 is 4.74 Å². The minimum atomic E-state index is 0.415. The molecule has 0 unspecified atom stereocenters. The van der Waals surface area contributed by atoms with Crippen molar-refractivity contribution in [2.75, 3.05) is 0 Å². The second-order valence-electron chi connectivity index (χ2n) is 3.30. The molecule has 0 aliphatic rings. The number of ether oxygens (including phenoxy) is 1. The summed E-state index contributed by atoms with van der Waals surface area (Å²) in [5.74, 6) is 1.23. The van der Waals surface area contributed by atoms with Gasteiger partial charge in [-0.3, -0.25) is 0 Å². The maximum Gasteiger partial charge on any atom is 0.147 e. The molecule has 0 amide bonds. The highest BCUT2D eigenvalue weighted by Gasteiger charge is 2.06. The predicted molar refractivity (Wildman–Crippen MR) is 67.4 cm³/mol. The molecule has 0 fully saturated rings. The molecule has 0 aromatic heterocycles. The van der Waals surface area contributed by atoms with Gasteiger partial charge >= 0.3 is 0 Å². The number of hydrogen-bond donors (Lipinski definition) is 0. The molecule has 16 heavy (non-hydrogen) atoms. The van der Waals surface area contributed by atoms with E-state index < -0.39 is 0 Å². The van der Waals surface area contributed by atoms with Gasteiger partial charge in [-0.25, -0.2) is 0 Å². The van der Waals surface area contributed by atoms with E-state index in [1.54, 1.807) is 18.2 Å². The summed E-state index contributed by atoms with van der Waals surface area (Å²) in [6, 6.07) is 12.7. The van der Waals surface area contributed by atoms with Crippen LogP contribution in [0, 0.1) is 6.92 Å². The van der Waals surface area contributed by atoms with Crippen LogP contribution in [0.5, 0.6) is 11.5 Å². The SMILES string of the molecule is [CH2]c1cccc(Oc2cccc(Cl)c2Cl)c1. The van der Waals surface area contributed by atoms with Gasteiger partial charge in [-0.15, -0.1) is 0 Å². The van der Waals surface area contributed by atoms with Gasteiger partial charge in [-0.1, -0.05) is 41.4 Å². The summed E-state index contributed by atoms with van der Waals surface area (Å²) in [6.07, 6.45) is 0. The lowest BCUT2D eigenvalue weighted by Gasteiger charge is -2.08. The maximum absolute atomic E-state index is 6.01. The fourth-order valence-electron chi connectivity index (χ4n) is 1.30. The van der Waals surface area contributed by atoms with E-state index in [4.69, 9.17) is 27.9 Å². The summed E-state index contributed by atoms with van der Waals surface area (Å²) in [7, 11) is 0. The van der Waals surface area contributed by atoms with E-state index >= 15 is 0 Å². The average molecular weight is 252 g/mol. The fourth-order valence-corrected chi connectivity index (χ4v) is 1.63. The molecule has 3 heteroatoms. The molecule has 81 valence electrons. The lowest BCUT2D eigenvalue weighted by Crippen LogP contribution is -1.86. The summed E-state index contributed by atoms with van der Waals surface area (Å²) < 4.78 is 5.61. The van der Waals surface area contributed by atoms with Crippen LogP contribution in [0.3, 0.4) is 0 Å². The molecule has 0 saturated carbocycles. The van der Waals surface area contributed by atoms with Crippen molar-refractivity contribution >= 4 is 23.2 Å². The smallest absolute Gasteiger partial charge is 0.147 e. The summed E-state index contributed by atoms with van der Waals surface area (Å²) in [5, 5.41) is 0.892. The molecule has 0 spiro atoms. The quantitative estimate of drug-likeness (QED) is 0.733. The minimum absolute atomic E-state index is 0.415. The molecule has 0 aliphatic heterocycles. The largest absolute Gasteiger partial charge is 0.456 e. The molecule has 2 rings (SSSR count). The molecule has 0 heterocycles. The predicted octanol–water partition coefficient (Wildman–Crippen LogP) is 4.97. The monoisotopic (exact) mass is 251 g/mol. The third-order valence-corrected chi connectivity index (χ3v) is 2.84. The van der Waals surface area contributed by atoms with Crippen molar-refractivity contribution in [2.45, 2.75) is 0 Å². The van der Waals surface area contributed by atoms with Crippen molar-refractivity contribution in [1.29, 1.82) is 0 Å². The first kappa shape index (κ1) is 11.3. The lowest BCUT2D eigenvalue weighted by molar-refractivity contribution is 0.483. The Morgan fingerprint density at radius 3 is 2.50 bits per heavy atom. The molecule has 0 saturated heterocycles. The second-order valence-corrected chi connectivity index (χ2v) is 4.09. The van der Waals surface area contributed by atoms with Crippen molar-refractivity contribution in [3.05, 3.63) is 65.0 Å². The highest BCUT2D eigenvalue weighted by atomic mass is 35.5. The van der Waals surface area contributed by atoms with Crippen LogP contribution >= 0.6 is 23.2 Å². The molecule has 0 bridgehead atoms. The van der Waals surface area contributed by atoms with E-state index in [-0.39, 0.29) is 0 Å². The van der Waals surface area contributed by atoms with Crippen LogP contribution in [0.25, 0.3) is 0 Å². The summed E-state index contributed by atoms with van der Waals surface area (Å²) in [4.78, 5) is 0.